The molecule has 1 rings (SSSR count). The Kier molecular flexibility index (Phi) is 4.95. The van der Waals surface area contributed by atoms with Crippen molar-refractivity contribution in [3.63, 3.8) is 0 Å². The van der Waals surface area contributed by atoms with Crippen molar-refractivity contribution in [2.45, 2.75) is 13.3 Å². The molecule has 0 radical (unpaired) electrons. The van der Waals surface area contributed by atoms with Crippen molar-refractivity contribution in [1.29, 1.82) is 0 Å². The molecule has 0 fully saturated rings. The van der Waals surface area contributed by atoms with E-state index in [1.165, 1.54) is 6.07 Å². The number of para-hydroxylation sites is 1. The van der Waals surface area contributed by atoms with Crippen LogP contribution in [-0.2, 0) is 0 Å². The van der Waals surface area contributed by atoms with E-state index >= 15 is 0 Å². The fraction of sp³-hybridized carbons (Fsp3) is 0.133. The molecule has 1 N–H and O–H groups in total. The van der Waals surface area contributed by atoms with Gasteiger partial charge in [0, 0.05) is 6.42 Å². The smallest absolute Gasteiger partial charge is 0.170 e. The summed E-state index contributed by atoms with van der Waals surface area (Å²) in [6.07, 6.45) is 7.47. The lowest BCUT2D eigenvalue weighted by Crippen LogP contribution is -2.00. The Morgan fingerprint density at radius 1 is 1.41 bits per heavy atom. The lowest BCUT2D eigenvalue weighted by Gasteiger charge is -2.03. The summed E-state index contributed by atoms with van der Waals surface area (Å²) in [5.41, 5.74) is 1.18. The van der Waals surface area contributed by atoms with Crippen molar-refractivity contribution in [2.24, 2.45) is 0 Å². The average Bonchev–Trinajstić information content (AvgIpc) is 2.34. The number of hydrogen-bond donors (Lipinski definition) is 1. The molecule has 0 heterocycles. The molecule has 2 nitrogen and oxygen atoms in total. The summed E-state index contributed by atoms with van der Waals surface area (Å²) in [4.78, 5) is 11.9. The number of benzene rings is 1. The highest BCUT2D eigenvalue weighted by Crippen LogP contribution is 2.19. The summed E-state index contributed by atoms with van der Waals surface area (Å²) in [6, 6.07) is 6.55. The van der Waals surface area contributed by atoms with E-state index in [9.17, 15) is 9.90 Å². The zero-order valence-electron chi connectivity index (χ0n) is 9.89. The molecule has 17 heavy (non-hydrogen) atoms. The fourth-order valence-electron chi connectivity index (χ4n) is 1.41. The van der Waals surface area contributed by atoms with Crippen LogP contribution in [0.3, 0.4) is 0 Å². The van der Waals surface area contributed by atoms with Gasteiger partial charge in [0.05, 0.1) is 5.56 Å². The van der Waals surface area contributed by atoms with E-state index in [-0.39, 0.29) is 18.0 Å². The molecular weight excluding hydrogens is 212 g/mol. The summed E-state index contributed by atoms with van der Waals surface area (Å²) in [7, 11) is 0. The first-order chi connectivity index (χ1) is 8.19. The standard InChI is InChI=1S/C15H16O2/c1-3-5-8-12(4-2)11-15(17)13-9-6-7-10-14(13)16/h3-10,16H,2,11H2,1H3/b5-3-,12-8+. The van der Waals surface area contributed by atoms with Gasteiger partial charge in [-0.2, -0.15) is 0 Å². The molecule has 0 atom stereocenters. The molecule has 0 saturated heterocycles. The number of rotatable bonds is 5. The Bertz CT molecular complexity index is 468. The Labute approximate surface area is 102 Å². The van der Waals surface area contributed by atoms with Crippen LogP contribution in [0.5, 0.6) is 5.75 Å². The molecule has 0 aliphatic carbocycles. The van der Waals surface area contributed by atoms with Gasteiger partial charge in [0.1, 0.15) is 5.75 Å². The van der Waals surface area contributed by atoms with E-state index < -0.39 is 0 Å². The van der Waals surface area contributed by atoms with E-state index in [1.54, 1.807) is 24.3 Å². The minimum atomic E-state index is -0.112. The second-order valence-electron chi connectivity index (χ2n) is 3.59. The van der Waals surface area contributed by atoms with E-state index in [2.05, 4.69) is 6.58 Å². The monoisotopic (exact) mass is 228 g/mol. The van der Waals surface area contributed by atoms with Crippen LogP contribution in [0.4, 0.5) is 0 Å². The molecule has 0 saturated carbocycles. The van der Waals surface area contributed by atoms with Crippen molar-refractivity contribution in [2.75, 3.05) is 0 Å². The highest BCUT2D eigenvalue weighted by molar-refractivity contribution is 6.00. The van der Waals surface area contributed by atoms with Crippen molar-refractivity contribution in [3.05, 3.63) is 66.3 Å². The predicted molar refractivity (Wildman–Crippen MR) is 70.1 cm³/mol. The maximum atomic E-state index is 11.9. The number of Topliss-reactive ketones (excluding diaryl/α,β-unsaturated/α-hetero) is 1. The quantitative estimate of drug-likeness (QED) is 0.617. The second-order valence-corrected chi connectivity index (χ2v) is 3.59. The zero-order valence-corrected chi connectivity index (χ0v) is 9.89. The van der Waals surface area contributed by atoms with Gasteiger partial charge in [-0.1, -0.05) is 43.0 Å². The van der Waals surface area contributed by atoms with Gasteiger partial charge in [-0.15, -0.1) is 0 Å². The molecule has 1 aromatic carbocycles. The SMILES string of the molecule is C=C/C(=C\C=C/C)CC(=O)c1ccccc1O. The maximum Gasteiger partial charge on any atom is 0.170 e. The lowest BCUT2D eigenvalue weighted by atomic mass is 10.0. The normalized spacial score (nSPS) is 11.7. The first kappa shape index (κ1) is 13.0. The number of aromatic hydroxyl groups is 1. The average molecular weight is 228 g/mol. The molecule has 0 aliphatic heterocycles. The zero-order chi connectivity index (χ0) is 12.7. The second kappa shape index (κ2) is 6.48. The third-order valence-electron chi connectivity index (χ3n) is 2.33. The highest BCUT2D eigenvalue weighted by Gasteiger charge is 2.10. The lowest BCUT2D eigenvalue weighted by molar-refractivity contribution is 0.0991. The largest absolute Gasteiger partial charge is 0.507 e. The van der Waals surface area contributed by atoms with Crippen LogP contribution < -0.4 is 0 Å². The third kappa shape index (κ3) is 3.76. The number of carbonyl (C=O) groups excluding carboxylic acids is 1. The fourth-order valence-corrected chi connectivity index (χ4v) is 1.41. The molecular formula is C15H16O2. The maximum absolute atomic E-state index is 11.9. The van der Waals surface area contributed by atoms with E-state index in [4.69, 9.17) is 0 Å². The predicted octanol–water partition coefficient (Wildman–Crippen LogP) is 3.65. The van der Waals surface area contributed by atoms with Crippen LogP contribution in [0, 0.1) is 0 Å². The summed E-state index contributed by atoms with van der Waals surface area (Å²) >= 11 is 0. The van der Waals surface area contributed by atoms with Crippen molar-refractivity contribution < 1.29 is 9.90 Å². The molecule has 0 spiro atoms. The first-order valence-corrected chi connectivity index (χ1v) is 5.44. The topological polar surface area (TPSA) is 37.3 Å². The Morgan fingerprint density at radius 2 is 2.12 bits per heavy atom. The summed E-state index contributed by atoms with van der Waals surface area (Å²) in [6.45, 7) is 5.57. The van der Waals surface area contributed by atoms with Crippen LogP contribution in [0.1, 0.15) is 23.7 Å². The van der Waals surface area contributed by atoms with Crippen molar-refractivity contribution >= 4 is 5.78 Å². The van der Waals surface area contributed by atoms with Gasteiger partial charge in [0.25, 0.3) is 0 Å². The number of phenolic OH excluding ortho intramolecular Hbond substituents is 1. The van der Waals surface area contributed by atoms with Crippen LogP contribution in [0.2, 0.25) is 0 Å². The Morgan fingerprint density at radius 3 is 2.71 bits per heavy atom. The van der Waals surface area contributed by atoms with Crippen LogP contribution in [-0.4, -0.2) is 10.9 Å². The molecule has 0 unspecified atom stereocenters. The van der Waals surface area contributed by atoms with Crippen molar-refractivity contribution in [3.8, 4) is 5.75 Å². The number of hydrogen-bond acceptors (Lipinski definition) is 2. The van der Waals surface area contributed by atoms with Gasteiger partial charge >= 0.3 is 0 Å². The van der Waals surface area contributed by atoms with Gasteiger partial charge < -0.3 is 5.11 Å². The minimum Gasteiger partial charge on any atom is -0.507 e. The summed E-state index contributed by atoms with van der Waals surface area (Å²) < 4.78 is 0. The Balaban J connectivity index is 2.85. The van der Waals surface area contributed by atoms with Crippen LogP contribution >= 0.6 is 0 Å². The molecule has 0 aliphatic rings. The third-order valence-corrected chi connectivity index (χ3v) is 2.33. The van der Waals surface area contributed by atoms with Crippen LogP contribution in [0.25, 0.3) is 0 Å². The van der Waals surface area contributed by atoms with E-state index in [1.807, 2.05) is 25.2 Å². The summed E-state index contributed by atoms with van der Waals surface area (Å²) in [5.74, 6) is -0.0919. The van der Waals surface area contributed by atoms with Crippen LogP contribution in [0.15, 0.2) is 60.7 Å². The minimum absolute atomic E-state index is 0.0203. The van der Waals surface area contributed by atoms with E-state index in [0.29, 0.717) is 5.56 Å². The molecule has 88 valence electrons. The Hall–Kier alpha value is -2.09. The molecule has 2 heteroatoms. The number of allylic oxidation sites excluding steroid dienone is 5. The number of carbonyl (C=O) groups is 1. The van der Waals surface area contributed by atoms with Crippen molar-refractivity contribution in [1.82, 2.24) is 0 Å². The van der Waals surface area contributed by atoms with Gasteiger partial charge in [-0.05, 0) is 24.6 Å². The summed E-state index contributed by atoms with van der Waals surface area (Å²) in [5, 5.41) is 9.56. The van der Waals surface area contributed by atoms with E-state index in [0.717, 1.165) is 5.57 Å². The number of phenols is 1. The first-order valence-electron chi connectivity index (χ1n) is 5.44. The molecule has 0 aromatic heterocycles. The molecule has 0 amide bonds. The van der Waals surface area contributed by atoms with Gasteiger partial charge in [-0.25, -0.2) is 0 Å². The molecule has 1 aromatic rings. The van der Waals surface area contributed by atoms with Gasteiger partial charge in [0.2, 0.25) is 0 Å². The molecule has 0 bridgehead atoms. The number of ketones is 1. The van der Waals surface area contributed by atoms with Gasteiger partial charge in [-0.3, -0.25) is 4.79 Å². The van der Waals surface area contributed by atoms with Gasteiger partial charge in [0.15, 0.2) is 5.78 Å². The highest BCUT2D eigenvalue weighted by atomic mass is 16.3.